The first-order valence-corrected chi connectivity index (χ1v) is 8.56. The molecule has 0 unspecified atom stereocenters. The minimum Gasteiger partial charge on any atom is -0.480 e. The van der Waals surface area contributed by atoms with E-state index in [1.54, 1.807) is 25.9 Å². The van der Waals surface area contributed by atoms with E-state index in [1.807, 2.05) is 45.0 Å². The average Bonchev–Trinajstić information content (AvgIpc) is 2.50. The average molecular weight is 362 g/mol. The van der Waals surface area contributed by atoms with Crippen LogP contribution in [-0.4, -0.2) is 54.4 Å². The monoisotopic (exact) mass is 362 g/mol. The zero-order valence-electron chi connectivity index (χ0n) is 16.6. The molecule has 144 valence electrons. The van der Waals surface area contributed by atoms with Gasteiger partial charge in [-0.15, -0.1) is 0 Å². The second kappa shape index (κ2) is 8.85. The van der Waals surface area contributed by atoms with Crippen LogP contribution in [0.3, 0.4) is 0 Å². The van der Waals surface area contributed by atoms with E-state index in [9.17, 15) is 14.7 Å². The number of carboxylic acid groups (broad SMARTS) is 1. The van der Waals surface area contributed by atoms with E-state index in [2.05, 4.69) is 6.58 Å². The van der Waals surface area contributed by atoms with Crippen molar-refractivity contribution < 1.29 is 19.4 Å². The van der Waals surface area contributed by atoms with Crippen molar-refractivity contribution >= 4 is 17.7 Å². The molecule has 1 rings (SSSR count). The van der Waals surface area contributed by atoms with E-state index in [1.165, 1.54) is 4.90 Å². The molecule has 6 heteroatoms. The maximum absolute atomic E-state index is 12.1. The van der Waals surface area contributed by atoms with E-state index in [-0.39, 0.29) is 0 Å². The van der Waals surface area contributed by atoms with Crippen molar-refractivity contribution in [2.24, 2.45) is 0 Å². The summed E-state index contributed by atoms with van der Waals surface area (Å²) in [6, 6.07) is 6.88. The summed E-state index contributed by atoms with van der Waals surface area (Å²) in [7, 11) is 3.44. The van der Waals surface area contributed by atoms with Crippen LogP contribution in [-0.2, 0) is 16.0 Å². The van der Waals surface area contributed by atoms with Crippen LogP contribution in [0.4, 0.5) is 10.5 Å². The number of benzene rings is 1. The minimum atomic E-state index is -0.894. The molecule has 6 nitrogen and oxygen atoms in total. The number of carboxylic acids is 1. The number of ether oxygens (including phenoxy) is 1. The van der Waals surface area contributed by atoms with E-state index < -0.39 is 23.7 Å². The Morgan fingerprint density at radius 3 is 2.15 bits per heavy atom. The van der Waals surface area contributed by atoms with Gasteiger partial charge >= 0.3 is 12.1 Å². The van der Waals surface area contributed by atoms with Crippen LogP contribution in [0.2, 0.25) is 0 Å². The fourth-order valence-corrected chi connectivity index (χ4v) is 2.53. The molecule has 1 aromatic carbocycles. The van der Waals surface area contributed by atoms with Crippen LogP contribution in [0.15, 0.2) is 36.4 Å². The topological polar surface area (TPSA) is 70.1 Å². The van der Waals surface area contributed by atoms with Gasteiger partial charge in [-0.2, -0.15) is 0 Å². The van der Waals surface area contributed by atoms with Crippen molar-refractivity contribution in [2.75, 3.05) is 25.5 Å². The Labute approximate surface area is 156 Å². The summed E-state index contributed by atoms with van der Waals surface area (Å²) >= 11 is 0. The highest BCUT2D eigenvalue weighted by atomic mass is 16.6. The van der Waals surface area contributed by atoms with Crippen LogP contribution in [0.25, 0.3) is 0 Å². The normalized spacial score (nSPS) is 12.6. The van der Waals surface area contributed by atoms with Gasteiger partial charge in [-0.1, -0.05) is 24.3 Å². The summed E-state index contributed by atoms with van der Waals surface area (Å²) in [6.45, 7) is 11.5. The number of hydrogen-bond donors (Lipinski definition) is 1. The van der Waals surface area contributed by atoms with Crippen LogP contribution in [0.5, 0.6) is 0 Å². The zero-order chi connectivity index (χ0) is 20.1. The Morgan fingerprint density at radius 1 is 1.19 bits per heavy atom. The lowest BCUT2D eigenvalue weighted by Crippen LogP contribution is -2.40. The molecule has 26 heavy (non-hydrogen) atoms. The number of carbonyl (C=O) groups is 2. The predicted molar refractivity (Wildman–Crippen MR) is 104 cm³/mol. The third kappa shape index (κ3) is 6.52. The molecule has 0 radical (unpaired) electrons. The lowest BCUT2D eigenvalue weighted by Gasteiger charge is -2.25. The molecule has 0 saturated heterocycles. The molecule has 0 saturated carbocycles. The molecule has 0 bridgehead atoms. The van der Waals surface area contributed by atoms with Gasteiger partial charge in [0.05, 0.1) is 0 Å². The predicted octanol–water partition coefficient (Wildman–Crippen LogP) is 3.56. The van der Waals surface area contributed by atoms with Gasteiger partial charge in [-0.3, -0.25) is 14.6 Å². The number of hydrogen-bond acceptors (Lipinski definition) is 4. The molecule has 0 aliphatic carbocycles. The summed E-state index contributed by atoms with van der Waals surface area (Å²) in [4.78, 5) is 26.6. The Morgan fingerprint density at radius 2 is 1.73 bits per heavy atom. The number of aliphatic carboxylic acids is 1. The van der Waals surface area contributed by atoms with Crippen molar-refractivity contribution in [1.82, 2.24) is 4.90 Å². The van der Waals surface area contributed by atoms with Gasteiger partial charge in [-0.25, -0.2) is 4.79 Å². The van der Waals surface area contributed by atoms with Crippen molar-refractivity contribution in [2.45, 2.75) is 45.8 Å². The van der Waals surface area contributed by atoms with Crippen LogP contribution < -0.4 is 4.90 Å². The molecule has 0 heterocycles. The number of likely N-dealkylation sites (N-methyl/N-ethyl adjacent to an activating group) is 1. The molecule has 1 aromatic rings. The molecule has 1 N–H and O–H groups in total. The highest BCUT2D eigenvalue weighted by Gasteiger charge is 2.23. The number of amides is 1. The van der Waals surface area contributed by atoms with E-state index in [0.717, 1.165) is 11.3 Å². The third-order valence-electron chi connectivity index (χ3n) is 3.89. The lowest BCUT2D eigenvalue weighted by molar-refractivity contribution is -0.141. The number of rotatable bonds is 7. The fourth-order valence-electron chi connectivity index (χ4n) is 2.53. The van der Waals surface area contributed by atoms with Gasteiger partial charge in [0.25, 0.3) is 0 Å². The molecule has 0 spiro atoms. The molecule has 1 atom stereocenters. The third-order valence-corrected chi connectivity index (χ3v) is 3.89. The SMILES string of the molecule is C=C(C)[C@@H](C(=O)O)N(C)CCc1ccc(N(C)C(=O)OC(C)(C)C)cc1. The molecule has 1 amide bonds. The Balaban J connectivity index is 2.69. The second-order valence-corrected chi connectivity index (χ2v) is 7.52. The summed E-state index contributed by atoms with van der Waals surface area (Å²) < 4.78 is 5.35. The molecule has 0 aliphatic heterocycles. The van der Waals surface area contributed by atoms with E-state index in [0.29, 0.717) is 18.5 Å². The van der Waals surface area contributed by atoms with Crippen molar-refractivity contribution in [3.8, 4) is 0 Å². The first kappa shape index (κ1) is 21.7. The van der Waals surface area contributed by atoms with Crippen molar-refractivity contribution in [3.63, 3.8) is 0 Å². The molecular weight excluding hydrogens is 332 g/mol. The summed E-state index contributed by atoms with van der Waals surface area (Å²) in [5.41, 5.74) is 1.86. The molecule has 0 fully saturated rings. The van der Waals surface area contributed by atoms with Gasteiger partial charge in [0.15, 0.2) is 0 Å². The summed E-state index contributed by atoms with van der Waals surface area (Å²) in [6.07, 6.45) is 0.292. The fraction of sp³-hybridized carbons (Fsp3) is 0.500. The molecular formula is C20H30N2O4. The van der Waals surface area contributed by atoms with Gasteiger partial charge in [0.1, 0.15) is 11.6 Å². The van der Waals surface area contributed by atoms with Crippen LogP contribution in [0.1, 0.15) is 33.3 Å². The van der Waals surface area contributed by atoms with Gasteiger partial charge in [0.2, 0.25) is 0 Å². The smallest absolute Gasteiger partial charge is 0.414 e. The quantitative estimate of drug-likeness (QED) is 0.751. The van der Waals surface area contributed by atoms with E-state index >= 15 is 0 Å². The first-order chi connectivity index (χ1) is 11.9. The zero-order valence-corrected chi connectivity index (χ0v) is 16.6. The number of nitrogens with zero attached hydrogens (tertiary/aromatic N) is 2. The summed E-state index contributed by atoms with van der Waals surface area (Å²) in [5.74, 6) is -0.894. The Kier molecular flexibility index (Phi) is 7.39. The standard InChI is InChI=1S/C20H30N2O4/c1-14(2)17(18(23)24)21(6)13-12-15-8-10-16(11-9-15)22(7)19(25)26-20(3,4)5/h8-11,17H,1,12-13H2,2-7H3,(H,23,24)/t17-/m0/s1. The molecule has 0 aromatic heterocycles. The largest absolute Gasteiger partial charge is 0.480 e. The van der Waals surface area contributed by atoms with Crippen LogP contribution >= 0.6 is 0 Å². The molecule has 0 aliphatic rings. The highest BCUT2D eigenvalue weighted by molar-refractivity contribution is 5.87. The maximum Gasteiger partial charge on any atom is 0.414 e. The number of anilines is 1. The van der Waals surface area contributed by atoms with Gasteiger partial charge in [0, 0.05) is 19.3 Å². The van der Waals surface area contributed by atoms with Crippen molar-refractivity contribution in [1.29, 1.82) is 0 Å². The Bertz CT molecular complexity index is 633. The minimum absolute atomic E-state index is 0.407. The Hall–Kier alpha value is -2.34. The number of carbonyl (C=O) groups excluding carboxylic acids is 1. The summed E-state index contributed by atoms with van der Waals surface area (Å²) in [5, 5.41) is 9.29. The van der Waals surface area contributed by atoms with Crippen LogP contribution in [0, 0.1) is 0 Å². The van der Waals surface area contributed by atoms with Crippen molar-refractivity contribution in [3.05, 3.63) is 42.0 Å². The lowest BCUT2D eigenvalue weighted by atomic mass is 10.1. The maximum atomic E-state index is 12.1. The highest BCUT2D eigenvalue weighted by Crippen LogP contribution is 2.18. The first-order valence-electron chi connectivity index (χ1n) is 8.56. The van der Waals surface area contributed by atoms with Gasteiger partial charge < -0.3 is 9.84 Å². The van der Waals surface area contributed by atoms with E-state index in [4.69, 9.17) is 4.74 Å². The second-order valence-electron chi connectivity index (χ2n) is 7.52. The van der Waals surface area contributed by atoms with Gasteiger partial charge in [-0.05, 0) is 58.9 Å².